The molecule has 0 bridgehead atoms. The molecule has 0 N–H and O–H groups in total. The van der Waals surface area contributed by atoms with E-state index in [1.165, 1.54) is 80.7 Å². The molecule has 42 heavy (non-hydrogen) atoms. The minimum absolute atomic E-state index is 1.18. The third-order valence-corrected chi connectivity index (χ3v) is 9.73. The van der Waals surface area contributed by atoms with Crippen LogP contribution in [-0.2, 0) is 0 Å². The van der Waals surface area contributed by atoms with Crippen LogP contribution < -0.4 is 0 Å². The van der Waals surface area contributed by atoms with Crippen molar-refractivity contribution < 1.29 is 0 Å². The van der Waals surface area contributed by atoms with Crippen LogP contribution in [0, 0.1) is 0 Å². The average Bonchev–Trinajstić information content (AvgIpc) is 3.62. The third kappa shape index (κ3) is 3.49. The van der Waals surface area contributed by atoms with E-state index in [9.17, 15) is 0 Å². The molecule has 9 aromatic rings. The number of nitrogens with zero attached hydrogens (tertiary/aromatic N) is 1. The van der Waals surface area contributed by atoms with Crippen molar-refractivity contribution in [2.24, 2.45) is 0 Å². The summed E-state index contributed by atoms with van der Waals surface area (Å²) in [6.07, 6.45) is 0. The van der Waals surface area contributed by atoms with E-state index < -0.39 is 0 Å². The van der Waals surface area contributed by atoms with Gasteiger partial charge in [-0.15, -0.1) is 11.3 Å². The summed E-state index contributed by atoms with van der Waals surface area (Å²) in [4.78, 5) is 0. The summed E-state index contributed by atoms with van der Waals surface area (Å²) in [5.41, 5.74) is 8.55. The van der Waals surface area contributed by atoms with Gasteiger partial charge in [0.15, 0.2) is 0 Å². The molecule has 7 aromatic carbocycles. The van der Waals surface area contributed by atoms with Crippen molar-refractivity contribution in [3.05, 3.63) is 152 Å². The van der Waals surface area contributed by atoms with Gasteiger partial charge in [-0.05, 0) is 63.4 Å². The maximum atomic E-state index is 2.50. The molecule has 0 amide bonds. The van der Waals surface area contributed by atoms with Gasteiger partial charge < -0.3 is 4.57 Å². The highest BCUT2D eigenvalue weighted by Crippen LogP contribution is 2.45. The second-order valence-electron chi connectivity index (χ2n) is 11.0. The zero-order valence-corrected chi connectivity index (χ0v) is 23.6. The Labute approximate surface area is 247 Å². The predicted molar refractivity (Wildman–Crippen MR) is 182 cm³/mol. The highest BCUT2D eigenvalue weighted by Gasteiger charge is 2.19. The van der Waals surface area contributed by atoms with Gasteiger partial charge in [0.2, 0.25) is 0 Å². The topological polar surface area (TPSA) is 4.93 Å². The van der Waals surface area contributed by atoms with Crippen molar-refractivity contribution in [3.8, 4) is 27.9 Å². The van der Waals surface area contributed by atoms with Crippen molar-refractivity contribution in [2.45, 2.75) is 0 Å². The van der Waals surface area contributed by atoms with Gasteiger partial charge in [-0.1, -0.05) is 121 Å². The van der Waals surface area contributed by atoms with Crippen LogP contribution in [0.2, 0.25) is 0 Å². The quantitative estimate of drug-likeness (QED) is 0.206. The summed E-state index contributed by atoms with van der Waals surface area (Å²) in [6, 6.07) is 55.3. The predicted octanol–water partition coefficient (Wildman–Crippen LogP) is 11.6. The first-order valence-corrected chi connectivity index (χ1v) is 15.2. The molecule has 1 nitrogen and oxygen atoms in total. The molecular weight excluding hydrogens is 527 g/mol. The maximum Gasteiger partial charge on any atom is 0.0719 e. The number of benzene rings is 7. The minimum atomic E-state index is 1.18. The monoisotopic (exact) mass is 551 g/mol. The molecule has 196 valence electrons. The molecule has 0 aliphatic rings. The van der Waals surface area contributed by atoms with Gasteiger partial charge in [-0.2, -0.15) is 0 Å². The zero-order chi connectivity index (χ0) is 27.6. The number of thiophene rings is 1. The summed E-state index contributed by atoms with van der Waals surface area (Å²) in [7, 11) is 0. The fourth-order valence-corrected chi connectivity index (χ4v) is 7.91. The van der Waals surface area contributed by atoms with Gasteiger partial charge in [0.1, 0.15) is 0 Å². The minimum Gasteiger partial charge on any atom is -0.308 e. The molecule has 0 fully saturated rings. The number of hydrogen-bond acceptors (Lipinski definition) is 1. The van der Waals surface area contributed by atoms with Gasteiger partial charge in [0, 0.05) is 31.9 Å². The smallest absolute Gasteiger partial charge is 0.0719 e. The Bertz CT molecular complexity index is 2390. The number of hydrogen-bond donors (Lipinski definition) is 0. The fourth-order valence-electron chi connectivity index (χ4n) is 6.65. The molecule has 2 heterocycles. The molecule has 0 aliphatic heterocycles. The molecule has 9 rings (SSSR count). The number of aromatic nitrogens is 1. The lowest BCUT2D eigenvalue weighted by Gasteiger charge is -2.14. The Morgan fingerprint density at radius 2 is 1.05 bits per heavy atom. The second-order valence-corrected chi connectivity index (χ2v) is 12.0. The number of rotatable bonds is 3. The number of fused-ring (bicyclic) bond motifs is 9. The summed E-state index contributed by atoms with van der Waals surface area (Å²) >= 11 is 1.91. The summed E-state index contributed by atoms with van der Waals surface area (Å²) < 4.78 is 5.17. The van der Waals surface area contributed by atoms with E-state index in [4.69, 9.17) is 0 Å². The highest BCUT2D eigenvalue weighted by atomic mass is 32.1. The fraction of sp³-hybridized carbons (Fsp3) is 0. The lowest BCUT2D eigenvalue weighted by atomic mass is 9.98. The van der Waals surface area contributed by atoms with Crippen LogP contribution in [0.15, 0.2) is 152 Å². The molecule has 0 spiro atoms. The van der Waals surface area contributed by atoms with E-state index in [1.807, 2.05) is 11.3 Å². The van der Waals surface area contributed by atoms with Crippen LogP contribution in [0.5, 0.6) is 0 Å². The molecule has 0 saturated heterocycles. The Hall–Kier alpha value is -5.18. The lowest BCUT2D eigenvalue weighted by Crippen LogP contribution is -1.96. The largest absolute Gasteiger partial charge is 0.308 e. The molecule has 2 heteroatoms. The van der Waals surface area contributed by atoms with E-state index >= 15 is 0 Å². The van der Waals surface area contributed by atoms with Crippen LogP contribution in [0.4, 0.5) is 0 Å². The van der Waals surface area contributed by atoms with Crippen molar-refractivity contribution in [2.75, 3.05) is 0 Å². The van der Waals surface area contributed by atoms with E-state index in [1.54, 1.807) is 0 Å². The normalized spacial score (nSPS) is 11.8. The SMILES string of the molecule is c1ccc(-c2cc(-c3ccccc3)cc(-n3c4ccccc4c4ccc5c(sc6ccc7ccccc7c65)c43)c2)cc1. The van der Waals surface area contributed by atoms with Crippen LogP contribution in [0.25, 0.3) is 80.7 Å². The molecule has 0 unspecified atom stereocenters. The Kier molecular flexibility index (Phi) is 5.13. The maximum absolute atomic E-state index is 2.50. The van der Waals surface area contributed by atoms with Crippen molar-refractivity contribution >= 4 is 64.1 Å². The standard InChI is InChI=1S/C40H25NS/c1-3-11-26(12-4-1)29-23-30(27-13-5-2-6-14-27)25-31(24-29)41-36-18-10-9-17-33(36)34-20-21-35-38-32-16-8-7-15-28(32)19-22-37(38)42-40(35)39(34)41/h1-25H. The Morgan fingerprint density at radius 3 is 1.79 bits per heavy atom. The summed E-state index contributed by atoms with van der Waals surface area (Å²) in [6.45, 7) is 0. The van der Waals surface area contributed by atoms with E-state index in [0.29, 0.717) is 0 Å². The number of para-hydroxylation sites is 1. The van der Waals surface area contributed by atoms with Crippen LogP contribution in [0.3, 0.4) is 0 Å². The highest BCUT2D eigenvalue weighted by molar-refractivity contribution is 7.26. The van der Waals surface area contributed by atoms with Crippen LogP contribution in [-0.4, -0.2) is 4.57 Å². The van der Waals surface area contributed by atoms with Gasteiger partial charge in [-0.3, -0.25) is 0 Å². The lowest BCUT2D eigenvalue weighted by molar-refractivity contribution is 1.19. The summed E-state index contributed by atoms with van der Waals surface area (Å²) in [5, 5.41) is 7.86. The molecule has 0 saturated carbocycles. The molecule has 0 aliphatic carbocycles. The Balaban J connectivity index is 1.44. The first kappa shape index (κ1) is 23.5. The van der Waals surface area contributed by atoms with E-state index in [-0.39, 0.29) is 0 Å². The van der Waals surface area contributed by atoms with Crippen LogP contribution >= 0.6 is 11.3 Å². The van der Waals surface area contributed by atoms with Gasteiger partial charge >= 0.3 is 0 Å². The molecule has 0 atom stereocenters. The third-order valence-electron chi connectivity index (χ3n) is 8.55. The van der Waals surface area contributed by atoms with E-state index in [2.05, 4.69) is 156 Å². The van der Waals surface area contributed by atoms with Crippen molar-refractivity contribution in [1.29, 1.82) is 0 Å². The van der Waals surface area contributed by atoms with E-state index in [0.717, 1.165) is 0 Å². The van der Waals surface area contributed by atoms with Crippen molar-refractivity contribution in [3.63, 3.8) is 0 Å². The molecule has 0 radical (unpaired) electrons. The van der Waals surface area contributed by atoms with Gasteiger partial charge in [0.05, 0.1) is 15.7 Å². The molecular formula is C40H25NS. The zero-order valence-electron chi connectivity index (χ0n) is 22.8. The molecule has 2 aromatic heterocycles. The average molecular weight is 552 g/mol. The van der Waals surface area contributed by atoms with Crippen LogP contribution in [0.1, 0.15) is 0 Å². The first-order chi connectivity index (χ1) is 20.8. The summed E-state index contributed by atoms with van der Waals surface area (Å²) in [5.74, 6) is 0. The first-order valence-electron chi connectivity index (χ1n) is 14.4. The van der Waals surface area contributed by atoms with Crippen molar-refractivity contribution in [1.82, 2.24) is 4.57 Å². The van der Waals surface area contributed by atoms with Gasteiger partial charge in [0.25, 0.3) is 0 Å². The second kappa shape index (κ2) is 9.17. The van der Waals surface area contributed by atoms with Gasteiger partial charge in [-0.25, -0.2) is 0 Å². The Morgan fingerprint density at radius 1 is 0.429 bits per heavy atom.